The van der Waals surface area contributed by atoms with Crippen LogP contribution >= 0.6 is 15.9 Å². The van der Waals surface area contributed by atoms with Crippen LogP contribution in [0.1, 0.15) is 12.8 Å². The molecule has 0 bridgehead atoms. The van der Waals surface area contributed by atoms with Gasteiger partial charge in [-0.15, -0.1) is 0 Å². The molecule has 2 heterocycles. The molecule has 5 nitrogen and oxygen atoms in total. The van der Waals surface area contributed by atoms with Gasteiger partial charge in [0, 0.05) is 36.6 Å². The topological polar surface area (TPSA) is 46.1 Å². The van der Waals surface area contributed by atoms with Crippen LogP contribution in [-0.2, 0) is 4.74 Å². The second kappa shape index (κ2) is 7.53. The molecule has 2 aliphatic heterocycles. The smallest absolute Gasteiger partial charge is 0.193 e. The van der Waals surface area contributed by atoms with E-state index in [1.165, 1.54) is 12.8 Å². The van der Waals surface area contributed by atoms with Crippen LogP contribution in [0, 0.1) is 5.41 Å². The Kier molecular flexibility index (Phi) is 5.43. The largest absolute Gasteiger partial charge is 0.492 e. The van der Waals surface area contributed by atoms with E-state index >= 15 is 0 Å². The molecule has 6 heteroatoms. The van der Waals surface area contributed by atoms with E-state index in [1.54, 1.807) is 0 Å². The lowest BCUT2D eigenvalue weighted by Gasteiger charge is -2.24. The molecule has 126 valence electrons. The van der Waals surface area contributed by atoms with Gasteiger partial charge in [-0.3, -0.25) is 4.99 Å². The molecule has 2 fully saturated rings. The number of likely N-dealkylation sites (tertiary alicyclic amines) is 1. The number of hydrogen-bond acceptors (Lipinski definition) is 3. The van der Waals surface area contributed by atoms with Gasteiger partial charge in [0.15, 0.2) is 5.96 Å². The second-order valence-electron chi connectivity index (χ2n) is 6.25. The number of aliphatic imine (C=N–C) groups is 1. The molecule has 23 heavy (non-hydrogen) atoms. The molecule has 0 saturated carbocycles. The molecule has 1 aromatic carbocycles. The van der Waals surface area contributed by atoms with E-state index < -0.39 is 0 Å². The average Bonchev–Trinajstić information content (AvgIpc) is 3.18. The summed E-state index contributed by atoms with van der Waals surface area (Å²) in [7, 11) is 1.84. The van der Waals surface area contributed by atoms with Crippen molar-refractivity contribution in [1.82, 2.24) is 10.2 Å². The maximum Gasteiger partial charge on any atom is 0.193 e. The van der Waals surface area contributed by atoms with Gasteiger partial charge in [0.2, 0.25) is 0 Å². The minimum absolute atomic E-state index is 0.352. The summed E-state index contributed by atoms with van der Waals surface area (Å²) in [6.07, 6.45) is 2.37. The third kappa shape index (κ3) is 4.18. The van der Waals surface area contributed by atoms with Crippen LogP contribution in [0.25, 0.3) is 0 Å². The van der Waals surface area contributed by atoms with Gasteiger partial charge in [0.05, 0.1) is 13.2 Å². The molecule has 1 aromatic rings. The first-order valence-corrected chi connectivity index (χ1v) is 8.92. The lowest BCUT2D eigenvalue weighted by atomic mass is 9.87. The minimum atomic E-state index is 0.352. The first-order chi connectivity index (χ1) is 11.2. The molecule has 0 amide bonds. The Morgan fingerprint density at radius 2 is 2.39 bits per heavy atom. The van der Waals surface area contributed by atoms with E-state index in [4.69, 9.17) is 9.47 Å². The zero-order valence-electron chi connectivity index (χ0n) is 13.6. The third-order valence-corrected chi connectivity index (χ3v) is 5.08. The zero-order chi connectivity index (χ0) is 16.1. The van der Waals surface area contributed by atoms with E-state index in [0.717, 1.165) is 49.0 Å². The molecule has 1 unspecified atom stereocenters. The van der Waals surface area contributed by atoms with Crippen molar-refractivity contribution in [2.24, 2.45) is 10.4 Å². The summed E-state index contributed by atoms with van der Waals surface area (Å²) in [5.74, 6) is 1.84. The van der Waals surface area contributed by atoms with Crippen molar-refractivity contribution >= 4 is 21.9 Å². The summed E-state index contributed by atoms with van der Waals surface area (Å²) in [5, 5.41) is 3.40. The normalized spacial score (nSPS) is 24.4. The Hall–Kier alpha value is -1.27. The Labute approximate surface area is 146 Å². The number of rotatable bonds is 4. The zero-order valence-corrected chi connectivity index (χ0v) is 15.1. The first-order valence-electron chi connectivity index (χ1n) is 8.13. The Morgan fingerprint density at radius 1 is 1.48 bits per heavy atom. The van der Waals surface area contributed by atoms with Crippen molar-refractivity contribution in [2.45, 2.75) is 12.8 Å². The molecular formula is C17H24BrN3O2. The monoisotopic (exact) mass is 381 g/mol. The van der Waals surface area contributed by atoms with E-state index in [9.17, 15) is 0 Å². The Balaban J connectivity index is 1.43. The number of hydrogen-bond donors (Lipinski definition) is 1. The fraction of sp³-hybridized carbons (Fsp3) is 0.588. The van der Waals surface area contributed by atoms with Crippen LogP contribution in [0.15, 0.2) is 33.7 Å². The SMILES string of the molecule is CN=C(NCCOc1cccc(Br)c1)N1CCC2(CCOC2)C1. The summed E-state index contributed by atoms with van der Waals surface area (Å²) in [6, 6.07) is 7.89. The van der Waals surface area contributed by atoms with E-state index in [-0.39, 0.29) is 0 Å². The molecule has 0 aliphatic carbocycles. The molecule has 1 N–H and O–H groups in total. The van der Waals surface area contributed by atoms with Gasteiger partial charge in [-0.1, -0.05) is 22.0 Å². The number of nitrogens with one attached hydrogen (secondary N) is 1. The maximum absolute atomic E-state index is 5.75. The van der Waals surface area contributed by atoms with Crippen molar-refractivity contribution in [3.05, 3.63) is 28.7 Å². The molecule has 2 aliphatic rings. The van der Waals surface area contributed by atoms with Gasteiger partial charge in [-0.2, -0.15) is 0 Å². The lowest BCUT2D eigenvalue weighted by molar-refractivity contribution is 0.156. The highest BCUT2D eigenvalue weighted by Gasteiger charge is 2.42. The fourth-order valence-corrected chi connectivity index (χ4v) is 3.69. The van der Waals surface area contributed by atoms with Gasteiger partial charge in [-0.05, 0) is 31.0 Å². The summed E-state index contributed by atoms with van der Waals surface area (Å²) < 4.78 is 12.4. The van der Waals surface area contributed by atoms with Crippen LogP contribution in [0.5, 0.6) is 5.75 Å². The number of benzene rings is 1. The highest BCUT2D eigenvalue weighted by molar-refractivity contribution is 9.10. The number of nitrogens with zero attached hydrogens (tertiary/aromatic N) is 2. The quantitative estimate of drug-likeness (QED) is 0.494. The van der Waals surface area contributed by atoms with Gasteiger partial charge in [0.1, 0.15) is 12.4 Å². The van der Waals surface area contributed by atoms with Crippen molar-refractivity contribution in [3.8, 4) is 5.75 Å². The fourth-order valence-electron chi connectivity index (χ4n) is 3.31. The highest BCUT2D eigenvalue weighted by atomic mass is 79.9. The Morgan fingerprint density at radius 3 is 3.13 bits per heavy atom. The van der Waals surface area contributed by atoms with Crippen LogP contribution in [0.2, 0.25) is 0 Å². The number of guanidine groups is 1. The number of halogens is 1. The first kappa shape index (κ1) is 16.6. The van der Waals surface area contributed by atoms with Crippen molar-refractivity contribution < 1.29 is 9.47 Å². The van der Waals surface area contributed by atoms with E-state index in [2.05, 4.69) is 31.1 Å². The van der Waals surface area contributed by atoms with Crippen molar-refractivity contribution in [3.63, 3.8) is 0 Å². The minimum Gasteiger partial charge on any atom is -0.492 e. The van der Waals surface area contributed by atoms with Gasteiger partial charge >= 0.3 is 0 Å². The molecule has 2 saturated heterocycles. The van der Waals surface area contributed by atoms with Crippen molar-refractivity contribution in [1.29, 1.82) is 0 Å². The summed E-state index contributed by atoms with van der Waals surface area (Å²) >= 11 is 3.45. The summed E-state index contributed by atoms with van der Waals surface area (Å²) in [5.41, 5.74) is 0.352. The van der Waals surface area contributed by atoms with Gasteiger partial charge in [-0.25, -0.2) is 0 Å². The van der Waals surface area contributed by atoms with Gasteiger partial charge in [0.25, 0.3) is 0 Å². The van der Waals surface area contributed by atoms with Crippen molar-refractivity contribution in [2.75, 3.05) is 46.5 Å². The predicted molar refractivity (Wildman–Crippen MR) is 95.1 cm³/mol. The average molecular weight is 382 g/mol. The highest BCUT2D eigenvalue weighted by Crippen LogP contribution is 2.38. The van der Waals surface area contributed by atoms with Crippen LogP contribution < -0.4 is 10.1 Å². The number of ether oxygens (including phenoxy) is 2. The molecule has 0 radical (unpaired) electrons. The molecule has 3 rings (SSSR count). The predicted octanol–water partition coefficient (Wildman–Crippen LogP) is 2.52. The second-order valence-corrected chi connectivity index (χ2v) is 7.17. The van der Waals surface area contributed by atoms with E-state index in [1.807, 2.05) is 31.3 Å². The Bertz CT molecular complexity index is 559. The van der Waals surface area contributed by atoms with Crippen LogP contribution in [0.4, 0.5) is 0 Å². The lowest BCUT2D eigenvalue weighted by Crippen LogP contribution is -2.42. The van der Waals surface area contributed by atoms with Gasteiger partial charge < -0.3 is 19.7 Å². The summed E-state index contributed by atoms with van der Waals surface area (Å²) in [6.45, 7) is 5.23. The van der Waals surface area contributed by atoms with Crippen LogP contribution in [-0.4, -0.2) is 57.4 Å². The standard InChI is InChI=1S/C17H24BrN3O2/c1-19-16(21-8-5-17(12-21)6-9-22-13-17)20-7-10-23-15-4-2-3-14(18)11-15/h2-4,11H,5-10,12-13H2,1H3,(H,19,20). The molecule has 1 atom stereocenters. The summed E-state index contributed by atoms with van der Waals surface area (Å²) in [4.78, 5) is 6.75. The molecule has 1 spiro atoms. The molecular weight excluding hydrogens is 358 g/mol. The van der Waals surface area contributed by atoms with E-state index in [0.29, 0.717) is 12.0 Å². The maximum atomic E-state index is 5.75. The molecule has 0 aromatic heterocycles. The van der Waals surface area contributed by atoms with Crippen LogP contribution in [0.3, 0.4) is 0 Å². The third-order valence-electron chi connectivity index (χ3n) is 4.58.